The Bertz CT molecular complexity index is 1330. The van der Waals surface area contributed by atoms with Gasteiger partial charge in [-0.2, -0.15) is 5.10 Å². The fraction of sp³-hybridized carbons (Fsp3) is 0.385. The maximum Gasteiger partial charge on any atom is 0.251 e. The first-order valence-electron chi connectivity index (χ1n) is 12.3. The monoisotopic (exact) mass is 505 g/mol. The third-order valence-electron chi connectivity index (χ3n) is 6.49. The van der Waals surface area contributed by atoms with Gasteiger partial charge in [0.15, 0.2) is 5.65 Å². The molecule has 1 aliphatic heterocycles. The molecule has 0 saturated carbocycles. The molecule has 2 N–H and O–H groups in total. The lowest BCUT2D eigenvalue weighted by Crippen LogP contribution is -2.42. The molecule has 1 aliphatic rings. The largest absolute Gasteiger partial charge is 0.377 e. The van der Waals surface area contributed by atoms with Crippen molar-refractivity contribution in [3.8, 4) is 21.8 Å². The molecule has 1 saturated heterocycles. The van der Waals surface area contributed by atoms with E-state index in [1.807, 2.05) is 35.8 Å². The van der Waals surface area contributed by atoms with Gasteiger partial charge in [0.05, 0.1) is 47.3 Å². The number of carbonyl (C=O) groups is 1. The van der Waals surface area contributed by atoms with Gasteiger partial charge in [-0.25, -0.2) is 14.5 Å². The summed E-state index contributed by atoms with van der Waals surface area (Å²) in [5.74, 6) is 0.505. The summed E-state index contributed by atoms with van der Waals surface area (Å²) in [5, 5.41) is 13.0. The summed E-state index contributed by atoms with van der Waals surface area (Å²) < 4.78 is 7.04. The molecule has 9 nitrogen and oxygen atoms in total. The number of carbonyl (C=O) groups excluding carboxylic acids is 1. The molecular formula is C26H31N7O2S. The third-order valence-corrected chi connectivity index (χ3v) is 7.38. The molecule has 1 amide bonds. The van der Waals surface area contributed by atoms with Gasteiger partial charge < -0.3 is 15.4 Å². The molecule has 0 unspecified atom stereocenters. The number of likely N-dealkylation sites (N-methyl/N-ethyl adjacent to an activating group) is 1. The minimum atomic E-state index is -0.130. The van der Waals surface area contributed by atoms with E-state index in [1.165, 1.54) is 0 Å². The number of nitrogens with one attached hydrogen (secondary N) is 2. The zero-order valence-corrected chi connectivity index (χ0v) is 21.6. The highest BCUT2D eigenvalue weighted by Crippen LogP contribution is 2.28. The van der Waals surface area contributed by atoms with E-state index in [1.54, 1.807) is 28.1 Å². The third kappa shape index (κ3) is 5.11. The number of hydrogen-bond donors (Lipinski definition) is 2. The summed E-state index contributed by atoms with van der Waals surface area (Å²) in [6.45, 7) is 10.1. The smallest absolute Gasteiger partial charge is 0.251 e. The van der Waals surface area contributed by atoms with Crippen LogP contribution in [0.2, 0.25) is 0 Å². The second-order valence-corrected chi connectivity index (χ2v) is 9.85. The summed E-state index contributed by atoms with van der Waals surface area (Å²) in [6, 6.07) is 10.0. The summed E-state index contributed by atoms with van der Waals surface area (Å²) in [5.41, 5.74) is 3.53. The SMILES string of the molecule is CCN(CC)[C@@H](C)CNC(=O)c1cc(NC2COC2)nc(-c2cnn3ccc(-c4cccs4)nc23)c1. The Morgan fingerprint density at radius 3 is 2.75 bits per heavy atom. The van der Waals surface area contributed by atoms with Gasteiger partial charge in [0, 0.05) is 24.3 Å². The van der Waals surface area contributed by atoms with Crippen LogP contribution in [0.1, 0.15) is 31.1 Å². The molecule has 0 aliphatic carbocycles. The van der Waals surface area contributed by atoms with E-state index in [0.29, 0.717) is 42.5 Å². The topological polar surface area (TPSA) is 96.7 Å². The minimum Gasteiger partial charge on any atom is -0.377 e. The zero-order valence-electron chi connectivity index (χ0n) is 20.8. The number of anilines is 1. The van der Waals surface area contributed by atoms with Crippen molar-refractivity contribution in [1.29, 1.82) is 0 Å². The highest BCUT2D eigenvalue weighted by molar-refractivity contribution is 7.13. The molecule has 4 aromatic heterocycles. The van der Waals surface area contributed by atoms with E-state index in [-0.39, 0.29) is 18.0 Å². The fourth-order valence-electron chi connectivity index (χ4n) is 4.33. The number of pyridine rings is 1. The summed E-state index contributed by atoms with van der Waals surface area (Å²) in [7, 11) is 0. The molecule has 0 spiro atoms. The lowest BCUT2D eigenvalue weighted by molar-refractivity contribution is 0.0209. The molecule has 36 heavy (non-hydrogen) atoms. The predicted molar refractivity (Wildman–Crippen MR) is 142 cm³/mol. The van der Waals surface area contributed by atoms with E-state index >= 15 is 0 Å². The van der Waals surface area contributed by atoms with Gasteiger partial charge >= 0.3 is 0 Å². The van der Waals surface area contributed by atoms with Crippen molar-refractivity contribution in [2.75, 3.05) is 38.2 Å². The average Bonchev–Trinajstić information content (AvgIpc) is 3.55. The van der Waals surface area contributed by atoms with Gasteiger partial charge in [-0.3, -0.25) is 9.69 Å². The number of rotatable bonds is 10. The van der Waals surface area contributed by atoms with Crippen molar-refractivity contribution < 1.29 is 9.53 Å². The maximum atomic E-state index is 13.2. The van der Waals surface area contributed by atoms with Crippen LogP contribution in [0, 0.1) is 0 Å². The van der Waals surface area contributed by atoms with Crippen LogP contribution in [0.3, 0.4) is 0 Å². The van der Waals surface area contributed by atoms with Crippen molar-refractivity contribution in [2.24, 2.45) is 0 Å². The van der Waals surface area contributed by atoms with Crippen LogP contribution in [-0.4, -0.2) is 75.3 Å². The van der Waals surface area contributed by atoms with E-state index in [2.05, 4.69) is 41.4 Å². The predicted octanol–water partition coefficient (Wildman–Crippen LogP) is 3.79. The van der Waals surface area contributed by atoms with Crippen molar-refractivity contribution in [3.63, 3.8) is 0 Å². The van der Waals surface area contributed by atoms with Gasteiger partial charge in [0.1, 0.15) is 5.82 Å². The van der Waals surface area contributed by atoms with Gasteiger partial charge in [0.25, 0.3) is 5.91 Å². The highest BCUT2D eigenvalue weighted by Gasteiger charge is 2.21. The van der Waals surface area contributed by atoms with E-state index in [9.17, 15) is 4.79 Å². The Morgan fingerprint density at radius 2 is 2.06 bits per heavy atom. The Labute approximate surface area is 214 Å². The molecule has 1 atom stereocenters. The number of amides is 1. The number of fused-ring (bicyclic) bond motifs is 1. The first kappa shape index (κ1) is 24.4. The van der Waals surface area contributed by atoms with Gasteiger partial charge in [-0.15, -0.1) is 11.3 Å². The quantitative estimate of drug-likeness (QED) is 0.338. The van der Waals surface area contributed by atoms with Gasteiger partial charge in [0.2, 0.25) is 0 Å². The van der Waals surface area contributed by atoms with Gasteiger partial charge in [-0.1, -0.05) is 19.9 Å². The summed E-state index contributed by atoms with van der Waals surface area (Å²) in [4.78, 5) is 26.3. The first-order valence-corrected chi connectivity index (χ1v) is 13.2. The minimum absolute atomic E-state index is 0.130. The molecule has 4 aromatic rings. The molecule has 0 aromatic carbocycles. The zero-order chi connectivity index (χ0) is 25.1. The Kier molecular flexibility index (Phi) is 7.26. The fourth-order valence-corrected chi connectivity index (χ4v) is 5.03. The Balaban J connectivity index is 1.47. The maximum absolute atomic E-state index is 13.2. The molecule has 0 bridgehead atoms. The van der Waals surface area contributed by atoms with Crippen LogP contribution in [0.25, 0.3) is 27.5 Å². The second kappa shape index (κ2) is 10.7. The number of hydrogen-bond acceptors (Lipinski definition) is 8. The first-order chi connectivity index (χ1) is 17.6. The van der Waals surface area contributed by atoms with E-state index in [0.717, 1.165) is 29.2 Å². The van der Waals surface area contributed by atoms with Crippen LogP contribution < -0.4 is 10.6 Å². The van der Waals surface area contributed by atoms with E-state index < -0.39 is 0 Å². The summed E-state index contributed by atoms with van der Waals surface area (Å²) >= 11 is 1.64. The Hall–Kier alpha value is -3.34. The molecule has 10 heteroatoms. The lowest BCUT2D eigenvalue weighted by atomic mass is 10.1. The number of thiophene rings is 1. The van der Waals surface area contributed by atoms with Crippen LogP contribution in [0.15, 0.2) is 48.1 Å². The van der Waals surface area contributed by atoms with Crippen LogP contribution >= 0.6 is 11.3 Å². The highest BCUT2D eigenvalue weighted by atomic mass is 32.1. The second-order valence-electron chi connectivity index (χ2n) is 8.90. The van der Waals surface area contributed by atoms with Crippen LogP contribution in [-0.2, 0) is 4.74 Å². The summed E-state index contributed by atoms with van der Waals surface area (Å²) in [6.07, 6.45) is 3.65. The van der Waals surface area contributed by atoms with Crippen molar-refractivity contribution in [3.05, 3.63) is 53.7 Å². The van der Waals surface area contributed by atoms with Crippen molar-refractivity contribution in [1.82, 2.24) is 29.8 Å². The van der Waals surface area contributed by atoms with Gasteiger partial charge in [-0.05, 0) is 49.7 Å². The number of ether oxygens (including phenoxy) is 1. The van der Waals surface area contributed by atoms with E-state index in [4.69, 9.17) is 14.7 Å². The number of aromatic nitrogens is 4. The molecular weight excluding hydrogens is 474 g/mol. The van der Waals surface area contributed by atoms with Crippen molar-refractivity contribution in [2.45, 2.75) is 32.9 Å². The molecule has 5 heterocycles. The molecule has 188 valence electrons. The Morgan fingerprint density at radius 1 is 1.22 bits per heavy atom. The van der Waals surface area contributed by atoms with Crippen LogP contribution in [0.5, 0.6) is 0 Å². The molecule has 1 fully saturated rings. The lowest BCUT2D eigenvalue weighted by Gasteiger charge is -2.28. The molecule has 0 radical (unpaired) electrons. The van der Waals surface area contributed by atoms with Crippen LogP contribution in [0.4, 0.5) is 5.82 Å². The number of nitrogens with zero attached hydrogens (tertiary/aromatic N) is 5. The average molecular weight is 506 g/mol. The normalized spacial score (nSPS) is 14.7. The van der Waals surface area contributed by atoms with Crippen molar-refractivity contribution >= 4 is 28.7 Å². The molecule has 5 rings (SSSR count). The standard InChI is InChI=1S/C26H31N7O2S/c1-4-32(5-2)17(3)13-27-26(34)18-11-22(30-24(12-18)29-19-15-35-16-19)20-14-28-33-9-8-21(31-25(20)33)23-7-6-10-36-23/h6-12,14,17,19H,4-5,13,15-16H2,1-3H3,(H,27,34)(H,29,30)/t17-/m0/s1.